The number of rotatable bonds is 5. The van der Waals surface area contributed by atoms with Crippen LogP contribution in [0.2, 0.25) is 0 Å². The predicted molar refractivity (Wildman–Crippen MR) is 107 cm³/mol. The zero-order valence-corrected chi connectivity index (χ0v) is 16.1. The lowest BCUT2D eigenvalue weighted by molar-refractivity contribution is -0.122. The van der Waals surface area contributed by atoms with Crippen molar-refractivity contribution >= 4 is 11.6 Å². The van der Waals surface area contributed by atoms with Gasteiger partial charge < -0.3 is 10.1 Å². The third kappa shape index (κ3) is 3.77. The van der Waals surface area contributed by atoms with Gasteiger partial charge in [-0.1, -0.05) is 49.1 Å². The number of nitrogens with one attached hydrogen (secondary N) is 1. The van der Waals surface area contributed by atoms with Crippen LogP contribution < -0.4 is 10.1 Å². The number of amides is 1. The number of benzene rings is 2. The monoisotopic (exact) mass is 351 g/mol. The van der Waals surface area contributed by atoms with E-state index < -0.39 is 5.41 Å². The molecule has 0 atom stereocenters. The first-order valence-electron chi connectivity index (χ1n) is 9.67. The molecule has 2 aromatic rings. The van der Waals surface area contributed by atoms with E-state index in [0.29, 0.717) is 6.61 Å². The first-order chi connectivity index (χ1) is 12.5. The number of carbonyl (C=O) groups is 1. The van der Waals surface area contributed by atoms with Gasteiger partial charge in [0.1, 0.15) is 5.75 Å². The zero-order valence-electron chi connectivity index (χ0n) is 16.1. The fourth-order valence-electron chi connectivity index (χ4n) is 3.97. The van der Waals surface area contributed by atoms with E-state index in [-0.39, 0.29) is 5.91 Å². The van der Waals surface area contributed by atoms with Crippen molar-refractivity contribution in [2.75, 3.05) is 11.9 Å². The summed E-state index contributed by atoms with van der Waals surface area (Å²) < 4.78 is 5.60. The molecule has 0 radical (unpaired) electrons. The molecule has 3 rings (SSSR count). The highest BCUT2D eigenvalue weighted by atomic mass is 16.5. The highest BCUT2D eigenvalue weighted by Crippen LogP contribution is 2.40. The maximum Gasteiger partial charge on any atom is 0.235 e. The largest absolute Gasteiger partial charge is 0.494 e. The molecule has 1 aliphatic carbocycles. The average Bonchev–Trinajstić information content (AvgIpc) is 2.65. The maximum absolute atomic E-state index is 13.4. The quantitative estimate of drug-likeness (QED) is 0.768. The molecule has 0 aliphatic heterocycles. The summed E-state index contributed by atoms with van der Waals surface area (Å²) in [5.41, 5.74) is 3.83. The first kappa shape index (κ1) is 18.5. The normalized spacial score (nSPS) is 16.1. The van der Waals surface area contributed by atoms with Crippen LogP contribution in [0.25, 0.3) is 0 Å². The number of anilines is 1. The lowest BCUT2D eigenvalue weighted by Gasteiger charge is -2.36. The summed E-state index contributed by atoms with van der Waals surface area (Å²) in [5, 5.41) is 3.18. The molecule has 0 heterocycles. The molecule has 0 saturated heterocycles. The van der Waals surface area contributed by atoms with Gasteiger partial charge in [-0.3, -0.25) is 4.79 Å². The van der Waals surface area contributed by atoms with Gasteiger partial charge in [0.05, 0.1) is 12.0 Å². The molecule has 1 amide bonds. The molecule has 1 aliphatic rings. The van der Waals surface area contributed by atoms with Crippen LogP contribution in [0.4, 0.5) is 5.69 Å². The van der Waals surface area contributed by atoms with Gasteiger partial charge in [0.25, 0.3) is 0 Å². The van der Waals surface area contributed by atoms with Gasteiger partial charge >= 0.3 is 0 Å². The summed E-state index contributed by atoms with van der Waals surface area (Å²) in [4.78, 5) is 13.4. The molecule has 3 heteroatoms. The van der Waals surface area contributed by atoms with Gasteiger partial charge in [0.2, 0.25) is 5.91 Å². The Balaban J connectivity index is 1.86. The molecule has 2 aromatic carbocycles. The van der Waals surface area contributed by atoms with E-state index in [0.717, 1.165) is 48.2 Å². The molecule has 0 aromatic heterocycles. The van der Waals surface area contributed by atoms with E-state index in [2.05, 4.69) is 36.5 Å². The number of ether oxygens (including phenoxy) is 1. The Morgan fingerprint density at radius 1 is 1.04 bits per heavy atom. The van der Waals surface area contributed by atoms with Crippen LogP contribution in [0.3, 0.4) is 0 Å². The topological polar surface area (TPSA) is 38.3 Å². The summed E-state index contributed by atoms with van der Waals surface area (Å²) in [6.07, 6.45) is 5.24. The standard InChI is InChI=1S/C23H29NO2/c1-4-26-21-13-12-20(16-18(21)3)24-22(25)23(14-6-5-7-15-23)19-10-8-17(2)9-11-19/h8-13,16H,4-7,14-15H2,1-3H3,(H,24,25). The molecule has 0 bridgehead atoms. The van der Waals surface area contributed by atoms with Gasteiger partial charge in [-0.15, -0.1) is 0 Å². The summed E-state index contributed by atoms with van der Waals surface area (Å²) in [6, 6.07) is 14.3. The minimum atomic E-state index is -0.418. The van der Waals surface area contributed by atoms with Crippen molar-refractivity contribution < 1.29 is 9.53 Å². The number of aryl methyl sites for hydroxylation is 2. The fourth-order valence-corrected chi connectivity index (χ4v) is 3.97. The second-order valence-electron chi connectivity index (χ2n) is 7.38. The smallest absolute Gasteiger partial charge is 0.235 e. The summed E-state index contributed by atoms with van der Waals surface area (Å²) in [7, 11) is 0. The van der Waals surface area contributed by atoms with Crippen LogP contribution in [-0.2, 0) is 10.2 Å². The van der Waals surface area contributed by atoms with Gasteiger partial charge in [0, 0.05) is 5.69 Å². The van der Waals surface area contributed by atoms with E-state index in [1.807, 2.05) is 32.0 Å². The Labute approximate surface area is 156 Å². The molecule has 1 N–H and O–H groups in total. The second kappa shape index (κ2) is 7.94. The molecular formula is C23H29NO2. The van der Waals surface area contributed by atoms with Gasteiger partial charge in [-0.05, 0) is 62.9 Å². The van der Waals surface area contributed by atoms with Crippen molar-refractivity contribution in [3.63, 3.8) is 0 Å². The second-order valence-corrected chi connectivity index (χ2v) is 7.38. The van der Waals surface area contributed by atoms with Crippen molar-refractivity contribution in [1.82, 2.24) is 0 Å². The van der Waals surface area contributed by atoms with Crippen LogP contribution in [-0.4, -0.2) is 12.5 Å². The van der Waals surface area contributed by atoms with Gasteiger partial charge in [-0.25, -0.2) is 0 Å². The minimum absolute atomic E-state index is 0.115. The highest BCUT2D eigenvalue weighted by molar-refractivity contribution is 5.99. The van der Waals surface area contributed by atoms with E-state index in [1.165, 1.54) is 12.0 Å². The van der Waals surface area contributed by atoms with Crippen molar-refractivity contribution in [2.24, 2.45) is 0 Å². The summed E-state index contributed by atoms with van der Waals surface area (Å²) in [5.74, 6) is 0.987. The number of hydrogen-bond donors (Lipinski definition) is 1. The Hall–Kier alpha value is -2.29. The number of hydrogen-bond acceptors (Lipinski definition) is 2. The molecular weight excluding hydrogens is 322 g/mol. The van der Waals surface area contributed by atoms with Crippen molar-refractivity contribution in [2.45, 2.75) is 58.3 Å². The molecule has 0 spiro atoms. The highest BCUT2D eigenvalue weighted by Gasteiger charge is 2.41. The minimum Gasteiger partial charge on any atom is -0.494 e. The van der Waals surface area contributed by atoms with E-state index in [1.54, 1.807) is 0 Å². The third-order valence-corrected chi connectivity index (χ3v) is 5.48. The van der Waals surface area contributed by atoms with Crippen LogP contribution in [0.15, 0.2) is 42.5 Å². The molecule has 138 valence electrons. The van der Waals surface area contributed by atoms with E-state index in [9.17, 15) is 4.79 Å². The van der Waals surface area contributed by atoms with E-state index >= 15 is 0 Å². The van der Waals surface area contributed by atoms with E-state index in [4.69, 9.17) is 4.74 Å². The first-order valence-corrected chi connectivity index (χ1v) is 9.67. The van der Waals surface area contributed by atoms with Crippen molar-refractivity contribution in [3.05, 3.63) is 59.2 Å². The van der Waals surface area contributed by atoms with Crippen molar-refractivity contribution in [1.29, 1.82) is 0 Å². The lowest BCUT2D eigenvalue weighted by Crippen LogP contribution is -2.42. The Morgan fingerprint density at radius 2 is 1.73 bits per heavy atom. The molecule has 0 unspecified atom stereocenters. The summed E-state index contributed by atoms with van der Waals surface area (Å²) in [6.45, 7) is 6.71. The zero-order chi connectivity index (χ0) is 18.6. The van der Waals surface area contributed by atoms with Crippen LogP contribution in [0.5, 0.6) is 5.75 Å². The maximum atomic E-state index is 13.4. The SMILES string of the molecule is CCOc1ccc(NC(=O)C2(c3ccc(C)cc3)CCCCC2)cc1C. The van der Waals surface area contributed by atoms with Gasteiger partial charge in [-0.2, -0.15) is 0 Å². The van der Waals surface area contributed by atoms with Crippen LogP contribution in [0.1, 0.15) is 55.7 Å². The molecule has 1 fully saturated rings. The third-order valence-electron chi connectivity index (χ3n) is 5.48. The molecule has 3 nitrogen and oxygen atoms in total. The van der Waals surface area contributed by atoms with Crippen LogP contribution >= 0.6 is 0 Å². The lowest BCUT2D eigenvalue weighted by atomic mass is 9.68. The predicted octanol–water partition coefficient (Wildman–Crippen LogP) is 5.54. The van der Waals surface area contributed by atoms with Crippen LogP contribution in [0, 0.1) is 13.8 Å². The van der Waals surface area contributed by atoms with Gasteiger partial charge in [0.15, 0.2) is 0 Å². The Morgan fingerprint density at radius 3 is 2.35 bits per heavy atom. The average molecular weight is 351 g/mol. The summed E-state index contributed by atoms with van der Waals surface area (Å²) >= 11 is 0. The molecule has 1 saturated carbocycles. The van der Waals surface area contributed by atoms with Crippen molar-refractivity contribution in [3.8, 4) is 5.75 Å². The Bertz CT molecular complexity index is 758. The Kier molecular flexibility index (Phi) is 5.65. The fraction of sp³-hybridized carbons (Fsp3) is 0.435. The molecule has 26 heavy (non-hydrogen) atoms. The number of carbonyl (C=O) groups excluding carboxylic acids is 1.